The van der Waals surface area contributed by atoms with Crippen LogP contribution in [0.25, 0.3) is 11.3 Å². The monoisotopic (exact) mass is 383 g/mol. The maximum absolute atomic E-state index is 12.4. The van der Waals surface area contributed by atoms with Crippen LogP contribution in [-0.2, 0) is 13.1 Å². The third-order valence-electron chi connectivity index (χ3n) is 4.51. The zero-order chi connectivity index (χ0) is 19.9. The fraction of sp³-hybridized carbons (Fsp3) is 0.0870. The number of aromatic nitrogens is 3. The summed E-state index contributed by atoms with van der Waals surface area (Å²) in [7, 11) is 0. The second kappa shape index (κ2) is 8.84. The highest BCUT2D eigenvalue weighted by atomic mass is 16.1. The standard InChI is InChI=1S/C23H21N5O/c29-23(26-15-17-5-2-1-3-6-17)19-7-4-8-20(13-19)25-16-21-14-22(28-27-21)18-9-11-24-12-10-18/h1-14,25H,15-16H2,(H,26,29)(H,27,28). The second-order valence-electron chi connectivity index (χ2n) is 6.62. The molecule has 0 atom stereocenters. The Labute approximate surface area is 169 Å². The van der Waals surface area contributed by atoms with Gasteiger partial charge in [-0.15, -0.1) is 0 Å². The lowest BCUT2D eigenvalue weighted by Crippen LogP contribution is -2.22. The Hall–Kier alpha value is -3.93. The van der Waals surface area contributed by atoms with Crippen molar-refractivity contribution in [2.75, 3.05) is 5.32 Å². The number of rotatable bonds is 7. The predicted octanol–water partition coefficient (Wildman–Crippen LogP) is 4.01. The van der Waals surface area contributed by atoms with E-state index in [0.717, 1.165) is 28.2 Å². The van der Waals surface area contributed by atoms with Crippen LogP contribution in [0, 0.1) is 0 Å². The zero-order valence-electron chi connectivity index (χ0n) is 15.8. The molecule has 0 saturated carbocycles. The number of pyridine rings is 1. The fourth-order valence-electron chi connectivity index (χ4n) is 2.97. The van der Waals surface area contributed by atoms with Crippen LogP contribution in [0.3, 0.4) is 0 Å². The van der Waals surface area contributed by atoms with Gasteiger partial charge in [0.05, 0.1) is 17.9 Å². The van der Waals surface area contributed by atoms with Gasteiger partial charge in [0.2, 0.25) is 0 Å². The topological polar surface area (TPSA) is 82.7 Å². The first-order chi connectivity index (χ1) is 14.3. The summed E-state index contributed by atoms with van der Waals surface area (Å²) in [5.74, 6) is -0.0981. The number of hydrogen-bond donors (Lipinski definition) is 3. The van der Waals surface area contributed by atoms with Crippen LogP contribution in [0.2, 0.25) is 0 Å². The molecule has 2 aromatic carbocycles. The van der Waals surface area contributed by atoms with Gasteiger partial charge < -0.3 is 10.6 Å². The van der Waals surface area contributed by atoms with E-state index in [1.807, 2.05) is 72.8 Å². The molecule has 0 aliphatic heterocycles. The van der Waals surface area contributed by atoms with Gasteiger partial charge in [-0.1, -0.05) is 36.4 Å². The Kier molecular flexibility index (Phi) is 5.62. The van der Waals surface area contributed by atoms with Crippen LogP contribution in [0.4, 0.5) is 5.69 Å². The fourth-order valence-corrected chi connectivity index (χ4v) is 2.97. The lowest BCUT2D eigenvalue weighted by Gasteiger charge is -2.08. The molecule has 0 radical (unpaired) electrons. The van der Waals surface area contributed by atoms with Gasteiger partial charge in [-0.25, -0.2) is 0 Å². The molecule has 1 amide bonds. The highest BCUT2D eigenvalue weighted by molar-refractivity contribution is 5.95. The first-order valence-electron chi connectivity index (χ1n) is 9.39. The molecule has 3 N–H and O–H groups in total. The molecule has 144 valence electrons. The molecule has 2 heterocycles. The van der Waals surface area contributed by atoms with Crippen molar-refractivity contribution in [1.82, 2.24) is 20.5 Å². The van der Waals surface area contributed by atoms with E-state index in [0.29, 0.717) is 18.7 Å². The van der Waals surface area contributed by atoms with Crippen molar-refractivity contribution in [2.45, 2.75) is 13.1 Å². The van der Waals surface area contributed by atoms with Crippen LogP contribution in [0.1, 0.15) is 21.6 Å². The van der Waals surface area contributed by atoms with E-state index in [4.69, 9.17) is 0 Å². The minimum absolute atomic E-state index is 0.0981. The summed E-state index contributed by atoms with van der Waals surface area (Å²) in [5, 5.41) is 13.7. The second-order valence-corrected chi connectivity index (χ2v) is 6.62. The summed E-state index contributed by atoms with van der Waals surface area (Å²) >= 11 is 0. The van der Waals surface area contributed by atoms with E-state index < -0.39 is 0 Å². The molecule has 0 spiro atoms. The zero-order valence-corrected chi connectivity index (χ0v) is 15.8. The summed E-state index contributed by atoms with van der Waals surface area (Å²) in [6.07, 6.45) is 3.49. The van der Waals surface area contributed by atoms with Crippen molar-refractivity contribution in [3.05, 3.63) is 102 Å². The number of hydrogen-bond acceptors (Lipinski definition) is 4. The van der Waals surface area contributed by atoms with Gasteiger partial charge in [0, 0.05) is 35.8 Å². The lowest BCUT2D eigenvalue weighted by molar-refractivity contribution is 0.0951. The molecule has 0 aliphatic rings. The molecule has 6 heteroatoms. The lowest BCUT2D eigenvalue weighted by atomic mass is 10.1. The van der Waals surface area contributed by atoms with Gasteiger partial charge in [-0.3, -0.25) is 14.9 Å². The molecule has 4 aromatic rings. The summed E-state index contributed by atoms with van der Waals surface area (Å²) < 4.78 is 0. The first-order valence-corrected chi connectivity index (χ1v) is 9.39. The molecule has 6 nitrogen and oxygen atoms in total. The largest absolute Gasteiger partial charge is 0.379 e. The number of anilines is 1. The van der Waals surface area contributed by atoms with Crippen LogP contribution in [0.15, 0.2) is 85.2 Å². The highest BCUT2D eigenvalue weighted by Crippen LogP contribution is 2.17. The highest BCUT2D eigenvalue weighted by Gasteiger charge is 2.07. The van der Waals surface area contributed by atoms with Gasteiger partial charge in [-0.05, 0) is 42.0 Å². The Bertz CT molecular complexity index is 1080. The third kappa shape index (κ3) is 4.87. The van der Waals surface area contributed by atoms with Gasteiger partial charge in [0.15, 0.2) is 0 Å². The van der Waals surface area contributed by atoms with Gasteiger partial charge in [-0.2, -0.15) is 5.10 Å². The Morgan fingerprint density at radius 2 is 1.72 bits per heavy atom. The molecule has 4 rings (SSSR count). The number of amides is 1. The van der Waals surface area contributed by atoms with Gasteiger partial charge >= 0.3 is 0 Å². The van der Waals surface area contributed by atoms with Gasteiger partial charge in [0.1, 0.15) is 0 Å². The maximum Gasteiger partial charge on any atom is 0.251 e. The molecule has 29 heavy (non-hydrogen) atoms. The quantitative estimate of drug-likeness (QED) is 0.450. The van der Waals surface area contributed by atoms with Gasteiger partial charge in [0.25, 0.3) is 5.91 Å². The minimum Gasteiger partial charge on any atom is -0.379 e. The SMILES string of the molecule is O=C(NCc1ccccc1)c1cccc(NCc2cc(-c3ccncc3)n[nH]2)c1. The molecule has 2 aromatic heterocycles. The first kappa shape index (κ1) is 18.4. The average molecular weight is 383 g/mol. The number of H-pyrrole nitrogens is 1. The Morgan fingerprint density at radius 3 is 2.55 bits per heavy atom. The molecule has 0 unspecified atom stereocenters. The number of carbonyl (C=O) groups excluding carboxylic acids is 1. The van der Waals surface area contributed by atoms with Crippen molar-refractivity contribution in [3.8, 4) is 11.3 Å². The van der Waals surface area contributed by atoms with E-state index >= 15 is 0 Å². The Balaban J connectivity index is 1.35. The van der Waals surface area contributed by atoms with Crippen molar-refractivity contribution < 1.29 is 4.79 Å². The van der Waals surface area contributed by atoms with E-state index in [-0.39, 0.29) is 5.91 Å². The van der Waals surface area contributed by atoms with Crippen molar-refractivity contribution in [2.24, 2.45) is 0 Å². The number of aromatic amines is 1. The number of benzene rings is 2. The van der Waals surface area contributed by atoms with Crippen molar-refractivity contribution in [3.63, 3.8) is 0 Å². The van der Waals surface area contributed by atoms with Crippen LogP contribution >= 0.6 is 0 Å². The summed E-state index contributed by atoms with van der Waals surface area (Å²) in [5.41, 5.74) is 5.40. The minimum atomic E-state index is -0.0981. The molecule has 0 saturated heterocycles. The number of nitrogens with one attached hydrogen (secondary N) is 3. The summed E-state index contributed by atoms with van der Waals surface area (Å²) in [4.78, 5) is 16.5. The van der Waals surface area contributed by atoms with E-state index in [1.165, 1.54) is 0 Å². The van der Waals surface area contributed by atoms with Crippen molar-refractivity contribution >= 4 is 11.6 Å². The number of nitrogens with zero attached hydrogens (tertiary/aromatic N) is 2. The van der Waals surface area contributed by atoms with Crippen LogP contribution in [-0.4, -0.2) is 21.1 Å². The van der Waals surface area contributed by atoms with Crippen LogP contribution in [0.5, 0.6) is 0 Å². The molecule has 0 bridgehead atoms. The average Bonchev–Trinajstić information content (AvgIpc) is 3.27. The van der Waals surface area contributed by atoms with E-state index in [1.54, 1.807) is 12.4 Å². The van der Waals surface area contributed by atoms with E-state index in [9.17, 15) is 4.79 Å². The summed E-state index contributed by atoms with van der Waals surface area (Å²) in [6.45, 7) is 1.08. The maximum atomic E-state index is 12.4. The number of carbonyl (C=O) groups is 1. The molecule has 0 fully saturated rings. The molecular formula is C23H21N5O. The normalized spacial score (nSPS) is 10.5. The summed E-state index contributed by atoms with van der Waals surface area (Å²) in [6, 6.07) is 23.2. The van der Waals surface area contributed by atoms with Crippen molar-refractivity contribution in [1.29, 1.82) is 0 Å². The molecular weight excluding hydrogens is 362 g/mol. The smallest absolute Gasteiger partial charge is 0.251 e. The van der Waals surface area contributed by atoms with E-state index in [2.05, 4.69) is 25.8 Å². The third-order valence-corrected chi connectivity index (χ3v) is 4.51. The molecule has 0 aliphatic carbocycles. The predicted molar refractivity (Wildman–Crippen MR) is 113 cm³/mol. The Morgan fingerprint density at radius 1 is 0.897 bits per heavy atom. The van der Waals surface area contributed by atoms with Crippen LogP contribution < -0.4 is 10.6 Å².